The van der Waals surface area contributed by atoms with Gasteiger partial charge in [0.25, 0.3) is 0 Å². The lowest BCUT2D eigenvalue weighted by atomic mass is 10.1. The summed E-state index contributed by atoms with van der Waals surface area (Å²) >= 11 is 0. The molecule has 0 fully saturated rings. The Balaban J connectivity index is 1.55. The highest BCUT2D eigenvalue weighted by atomic mass is 16.4. The molecule has 25 heavy (non-hydrogen) atoms. The van der Waals surface area contributed by atoms with Crippen molar-refractivity contribution in [3.05, 3.63) is 66.1 Å². The number of hydrogen-bond acceptors (Lipinski definition) is 5. The van der Waals surface area contributed by atoms with E-state index in [1.807, 2.05) is 31.2 Å². The molecule has 1 atom stereocenters. The smallest absolute Gasteiger partial charge is 0.221 e. The van der Waals surface area contributed by atoms with Crippen molar-refractivity contribution in [1.82, 2.24) is 10.3 Å². The minimum atomic E-state index is -0.546. The van der Waals surface area contributed by atoms with Crippen LogP contribution in [0.25, 0.3) is 11.3 Å². The highest BCUT2D eigenvalue weighted by Gasteiger charge is 2.16. The molecule has 0 bridgehead atoms. The Bertz CT molecular complexity index is 806. The number of aliphatic hydroxyl groups excluding tert-OH is 1. The fraction of sp³-hybridized carbons (Fsp3) is 0.263. The number of oxazole rings is 1. The van der Waals surface area contributed by atoms with E-state index in [-0.39, 0.29) is 18.9 Å². The molecule has 0 aliphatic heterocycles. The van der Waals surface area contributed by atoms with E-state index in [9.17, 15) is 9.90 Å². The van der Waals surface area contributed by atoms with Crippen molar-refractivity contribution >= 4 is 5.91 Å². The Morgan fingerprint density at radius 1 is 1.28 bits per heavy atom. The van der Waals surface area contributed by atoms with Crippen LogP contribution in [-0.4, -0.2) is 22.6 Å². The molecule has 0 aliphatic rings. The monoisotopic (exact) mass is 340 g/mol. The number of furan rings is 1. The zero-order valence-electron chi connectivity index (χ0n) is 13.9. The molecular weight excluding hydrogens is 320 g/mol. The molecule has 0 radical (unpaired) electrons. The molecular formula is C19H20N2O4. The van der Waals surface area contributed by atoms with E-state index in [2.05, 4.69) is 10.3 Å². The number of amides is 1. The first-order valence-corrected chi connectivity index (χ1v) is 8.11. The van der Waals surface area contributed by atoms with Gasteiger partial charge in [-0.1, -0.05) is 29.8 Å². The first-order chi connectivity index (χ1) is 12.2. The number of aromatic nitrogens is 1. The molecule has 0 aliphatic carbocycles. The Labute approximate surface area is 145 Å². The molecule has 0 saturated heterocycles. The number of carbonyl (C=O) groups is 1. The molecule has 3 aromatic rings. The first kappa shape index (κ1) is 17.0. The summed E-state index contributed by atoms with van der Waals surface area (Å²) in [7, 11) is 0. The molecule has 130 valence electrons. The second-order valence-electron chi connectivity index (χ2n) is 5.80. The van der Waals surface area contributed by atoms with Crippen LogP contribution in [0.2, 0.25) is 0 Å². The standard InChI is InChI=1S/C19H20N2O4/c1-13-4-6-14(7-5-13)17-11-20-19(25-17)9-8-18(23)21-15(12-22)16-3-2-10-24-16/h2-7,10-11,15,22H,8-9,12H2,1H3,(H,21,23). The van der Waals surface area contributed by atoms with Crippen molar-refractivity contribution in [3.63, 3.8) is 0 Å². The van der Waals surface area contributed by atoms with Crippen LogP contribution in [0.1, 0.15) is 29.7 Å². The number of nitrogens with zero attached hydrogens (tertiary/aromatic N) is 1. The summed E-state index contributed by atoms with van der Waals surface area (Å²) in [5.74, 6) is 1.50. The molecule has 1 aromatic carbocycles. The first-order valence-electron chi connectivity index (χ1n) is 8.11. The van der Waals surface area contributed by atoms with Gasteiger partial charge in [-0.2, -0.15) is 0 Å². The van der Waals surface area contributed by atoms with Crippen LogP contribution in [0, 0.1) is 6.92 Å². The summed E-state index contributed by atoms with van der Waals surface area (Å²) < 4.78 is 10.9. The minimum absolute atomic E-state index is 0.203. The molecule has 6 heteroatoms. The van der Waals surface area contributed by atoms with Crippen molar-refractivity contribution < 1.29 is 18.7 Å². The third-order valence-corrected chi connectivity index (χ3v) is 3.86. The predicted octanol–water partition coefficient (Wildman–Crippen LogP) is 3.03. The molecule has 2 N–H and O–H groups in total. The Morgan fingerprint density at radius 2 is 2.08 bits per heavy atom. The summed E-state index contributed by atoms with van der Waals surface area (Å²) in [6, 6.07) is 10.8. The van der Waals surface area contributed by atoms with Gasteiger partial charge in [-0.15, -0.1) is 0 Å². The Morgan fingerprint density at radius 3 is 2.76 bits per heavy atom. The average Bonchev–Trinajstić information content (AvgIpc) is 3.30. The molecule has 6 nitrogen and oxygen atoms in total. The van der Waals surface area contributed by atoms with Crippen LogP contribution in [0.3, 0.4) is 0 Å². The minimum Gasteiger partial charge on any atom is -0.467 e. The van der Waals surface area contributed by atoms with Gasteiger partial charge in [0.1, 0.15) is 11.8 Å². The fourth-order valence-electron chi connectivity index (χ4n) is 2.46. The zero-order valence-corrected chi connectivity index (χ0v) is 13.9. The maximum absolute atomic E-state index is 12.1. The molecule has 2 aromatic heterocycles. The van der Waals surface area contributed by atoms with E-state index in [1.165, 1.54) is 11.8 Å². The average molecular weight is 340 g/mol. The van der Waals surface area contributed by atoms with Crippen molar-refractivity contribution in [1.29, 1.82) is 0 Å². The van der Waals surface area contributed by atoms with Crippen LogP contribution in [0.4, 0.5) is 0 Å². The SMILES string of the molecule is Cc1ccc(-c2cnc(CCC(=O)NC(CO)c3ccco3)o2)cc1. The third-order valence-electron chi connectivity index (χ3n) is 3.86. The van der Waals surface area contributed by atoms with Crippen LogP contribution >= 0.6 is 0 Å². The molecule has 1 unspecified atom stereocenters. The second kappa shape index (κ2) is 7.81. The fourth-order valence-corrected chi connectivity index (χ4v) is 2.46. The molecule has 1 amide bonds. The number of carbonyl (C=O) groups excluding carboxylic acids is 1. The van der Waals surface area contributed by atoms with E-state index in [0.29, 0.717) is 23.8 Å². The van der Waals surface area contributed by atoms with E-state index < -0.39 is 6.04 Å². The van der Waals surface area contributed by atoms with Crippen molar-refractivity contribution in [3.8, 4) is 11.3 Å². The summed E-state index contributed by atoms with van der Waals surface area (Å²) in [6.45, 7) is 1.80. The van der Waals surface area contributed by atoms with Crippen LogP contribution in [0.5, 0.6) is 0 Å². The maximum Gasteiger partial charge on any atom is 0.221 e. The van der Waals surface area contributed by atoms with Gasteiger partial charge in [0.2, 0.25) is 5.91 Å². The lowest BCUT2D eigenvalue weighted by Gasteiger charge is -2.13. The normalized spacial score (nSPS) is 12.1. The Hall–Kier alpha value is -2.86. The van der Waals surface area contributed by atoms with Gasteiger partial charge in [-0.3, -0.25) is 4.79 Å². The van der Waals surface area contributed by atoms with Crippen LogP contribution < -0.4 is 5.32 Å². The van der Waals surface area contributed by atoms with Gasteiger partial charge >= 0.3 is 0 Å². The Kier molecular flexibility index (Phi) is 5.30. The van der Waals surface area contributed by atoms with Gasteiger partial charge in [0.05, 0.1) is 19.1 Å². The number of rotatable bonds is 7. The van der Waals surface area contributed by atoms with E-state index in [0.717, 1.165) is 5.56 Å². The summed E-state index contributed by atoms with van der Waals surface area (Å²) in [5, 5.41) is 12.1. The van der Waals surface area contributed by atoms with Gasteiger partial charge < -0.3 is 19.3 Å². The summed E-state index contributed by atoms with van der Waals surface area (Å²) in [6.07, 6.45) is 3.76. The van der Waals surface area contributed by atoms with E-state index in [4.69, 9.17) is 8.83 Å². The van der Waals surface area contributed by atoms with E-state index >= 15 is 0 Å². The van der Waals surface area contributed by atoms with Crippen molar-refractivity contribution in [2.24, 2.45) is 0 Å². The summed E-state index contributed by atoms with van der Waals surface area (Å²) in [5.41, 5.74) is 2.13. The van der Waals surface area contributed by atoms with E-state index in [1.54, 1.807) is 18.3 Å². The topological polar surface area (TPSA) is 88.5 Å². The predicted molar refractivity (Wildman–Crippen MR) is 91.7 cm³/mol. The number of benzene rings is 1. The van der Waals surface area contributed by atoms with Crippen molar-refractivity contribution in [2.45, 2.75) is 25.8 Å². The lowest BCUT2D eigenvalue weighted by molar-refractivity contribution is -0.122. The molecule has 0 saturated carbocycles. The zero-order chi connectivity index (χ0) is 17.6. The van der Waals surface area contributed by atoms with Gasteiger partial charge in [-0.25, -0.2) is 4.98 Å². The van der Waals surface area contributed by atoms with Gasteiger partial charge in [0.15, 0.2) is 11.7 Å². The van der Waals surface area contributed by atoms with Crippen LogP contribution in [0.15, 0.2) is 57.7 Å². The molecule has 3 rings (SSSR count). The largest absolute Gasteiger partial charge is 0.467 e. The second-order valence-corrected chi connectivity index (χ2v) is 5.80. The highest BCUT2D eigenvalue weighted by Crippen LogP contribution is 2.21. The maximum atomic E-state index is 12.1. The summed E-state index contributed by atoms with van der Waals surface area (Å²) in [4.78, 5) is 16.3. The highest BCUT2D eigenvalue weighted by molar-refractivity contribution is 5.76. The van der Waals surface area contributed by atoms with Crippen LogP contribution in [-0.2, 0) is 11.2 Å². The van der Waals surface area contributed by atoms with Gasteiger partial charge in [-0.05, 0) is 19.1 Å². The third kappa shape index (κ3) is 4.36. The molecule has 0 spiro atoms. The molecule has 2 heterocycles. The quantitative estimate of drug-likeness (QED) is 0.690. The number of aliphatic hydroxyl groups is 1. The number of nitrogens with one attached hydrogen (secondary N) is 1. The van der Waals surface area contributed by atoms with Gasteiger partial charge in [0, 0.05) is 18.4 Å². The number of aryl methyl sites for hydroxylation is 2. The number of hydrogen-bond donors (Lipinski definition) is 2. The van der Waals surface area contributed by atoms with Crippen molar-refractivity contribution in [2.75, 3.05) is 6.61 Å². The lowest BCUT2D eigenvalue weighted by Crippen LogP contribution is -2.30.